The van der Waals surface area contributed by atoms with Gasteiger partial charge in [0.15, 0.2) is 0 Å². The first-order valence-corrected chi connectivity index (χ1v) is 4.23. The first-order valence-electron chi connectivity index (χ1n) is 4.23. The van der Waals surface area contributed by atoms with Crippen molar-refractivity contribution >= 4 is 27.0 Å². The Bertz CT molecular complexity index is 130. The van der Waals surface area contributed by atoms with E-state index in [1.165, 1.54) is 0 Å². The van der Waals surface area contributed by atoms with Crippen molar-refractivity contribution in [1.29, 1.82) is 0 Å². The summed E-state index contributed by atoms with van der Waals surface area (Å²) >= 11 is 0. The average molecular weight is 554 g/mol. The molecule has 0 saturated heterocycles. The Kier molecular flexibility index (Phi) is 265. The molecule has 0 bridgehead atoms. The zero-order valence-corrected chi connectivity index (χ0v) is 19.9. The topological polar surface area (TPSA) is 205 Å². The van der Waals surface area contributed by atoms with Gasteiger partial charge in [0.1, 0.15) is 0 Å². The molecule has 16 heteroatoms. The third-order valence-corrected chi connectivity index (χ3v) is 0. The Morgan fingerprint density at radius 2 is 0.500 bits per heavy atom. The fourth-order valence-electron chi connectivity index (χ4n) is 0. The monoisotopic (exact) mass is 554 g/mol. The Morgan fingerprint density at radius 3 is 0.500 bits per heavy atom. The molecule has 2 N–H and O–H groups in total. The van der Waals surface area contributed by atoms with Crippen LogP contribution in [0.1, 0.15) is 41.5 Å². The molecule has 0 aromatic carbocycles. The van der Waals surface area contributed by atoms with Gasteiger partial charge in [-0.1, -0.05) is 41.5 Å². The van der Waals surface area contributed by atoms with Crippen molar-refractivity contribution in [3.05, 3.63) is 53.5 Å². The van der Waals surface area contributed by atoms with Crippen LogP contribution in [0, 0.1) is 19.6 Å². The van der Waals surface area contributed by atoms with E-state index < -0.39 is 0 Å². The van der Waals surface area contributed by atoms with Crippen molar-refractivity contribution in [2.45, 2.75) is 52.6 Å². The Hall–Kier alpha value is 1.10. The van der Waals surface area contributed by atoms with Crippen molar-refractivity contribution in [2.24, 2.45) is 0 Å². The minimum atomic E-state index is -0.250. The second kappa shape index (κ2) is 74.9. The molecule has 0 amide bonds. The maximum atomic E-state index is 7.25. The van der Waals surface area contributed by atoms with Gasteiger partial charge in [0.25, 0.3) is 0 Å². The summed E-state index contributed by atoms with van der Waals surface area (Å²) in [4.78, 5) is 29.0. The third-order valence-electron chi connectivity index (χ3n) is 0. The Labute approximate surface area is 200 Å². The minimum Gasteiger partial charge on any atom is -0.813 e. The molecule has 10 nitrogen and oxygen atoms in total. The largest absolute Gasteiger partial charge is 3.00 e. The van der Waals surface area contributed by atoms with Gasteiger partial charge >= 0.3 is 34.1 Å². The van der Waals surface area contributed by atoms with Crippen LogP contribution in [0.25, 0.3) is 33.8 Å². The molecule has 0 spiro atoms. The zero-order chi connectivity index (χ0) is 17.0. The number of nitroso groups, excluding NO2 is 4. The van der Waals surface area contributed by atoms with Gasteiger partial charge in [0.2, 0.25) is 0 Å². The van der Waals surface area contributed by atoms with Crippen LogP contribution in [0.15, 0.2) is 0 Å². The molecule has 0 rings (SSSR count). The van der Waals surface area contributed by atoms with Crippen LogP contribution in [0.3, 0.4) is 0 Å². The normalized spacial score (nSPS) is 5.67. The summed E-state index contributed by atoms with van der Waals surface area (Å²) in [6.07, 6.45) is 0. The van der Waals surface area contributed by atoms with Crippen LogP contribution >= 0.6 is 0 Å². The van der Waals surface area contributed by atoms with E-state index in [9.17, 15) is 0 Å². The van der Waals surface area contributed by atoms with E-state index in [2.05, 4.69) is 0 Å². The molecule has 154 valence electrons. The number of nitrogens with one attached hydrogen (secondary N) is 2. The Balaban J connectivity index is -0.00000000723. The maximum absolute atomic E-state index is 7.25. The van der Waals surface area contributed by atoms with Crippen LogP contribution in [0.4, 0.5) is 0 Å². The fourth-order valence-corrected chi connectivity index (χ4v) is 0. The molecule has 0 saturated carbocycles. The number of thiol groups is 2. The predicted molar refractivity (Wildman–Crippen MR) is 92.6 cm³/mol. The van der Waals surface area contributed by atoms with E-state index in [0.29, 0.717) is 0 Å². The molecule has 0 aliphatic rings. The second-order valence-electron chi connectivity index (χ2n) is 4.50. The van der Waals surface area contributed by atoms with Gasteiger partial charge in [-0.2, -0.15) is 0 Å². The SMILES string of the molecule is CC(C)(C)[NH-].CC(C)(C)[NH-].[Fe+3].[Fe+3].[Fe].[Fe].[N-]=O.[N-]=O.[N-]=O.[N-]=O.[SH-].[SH-]. The van der Waals surface area contributed by atoms with Crippen molar-refractivity contribution in [1.82, 2.24) is 0 Å². The smallest absolute Gasteiger partial charge is 0.813 e. The van der Waals surface area contributed by atoms with Crippen molar-refractivity contribution in [3.8, 4) is 0 Å². The van der Waals surface area contributed by atoms with Crippen LogP contribution in [0.2, 0.25) is 0 Å². The number of hydrogen-bond donors (Lipinski definition) is 0. The van der Waals surface area contributed by atoms with Gasteiger partial charge in [-0.3, -0.25) is 0 Å². The molecule has 0 fully saturated rings. The first kappa shape index (κ1) is 85.0. The summed E-state index contributed by atoms with van der Waals surface area (Å²) in [5, 5.41) is 0. The fraction of sp³-hybridized carbons (Fsp3) is 1.00. The van der Waals surface area contributed by atoms with E-state index in [4.69, 9.17) is 53.5 Å². The van der Waals surface area contributed by atoms with E-state index in [-0.39, 0.29) is 106 Å². The summed E-state index contributed by atoms with van der Waals surface area (Å²) in [6, 6.07) is 0. The first-order chi connectivity index (χ1) is 8.00. The zero-order valence-electron chi connectivity index (χ0n) is 13.7. The van der Waals surface area contributed by atoms with Gasteiger partial charge < -0.3 is 80.5 Å². The van der Waals surface area contributed by atoms with E-state index in [1.807, 2.05) is 41.5 Å². The van der Waals surface area contributed by atoms with Gasteiger partial charge in [0, 0.05) is 34.1 Å². The van der Waals surface area contributed by atoms with Crippen molar-refractivity contribution in [3.63, 3.8) is 0 Å². The molecule has 2 radical (unpaired) electrons. The molecular weight excluding hydrogens is 532 g/mol. The number of rotatable bonds is 0. The molecule has 0 aromatic rings. The summed E-state index contributed by atoms with van der Waals surface area (Å²) in [5.41, 5.74) is 36.4. The second-order valence-corrected chi connectivity index (χ2v) is 4.50. The summed E-state index contributed by atoms with van der Waals surface area (Å²) in [7, 11) is 0. The van der Waals surface area contributed by atoms with Crippen LogP contribution < -0.4 is 0 Å². The minimum absolute atomic E-state index is 0. The quantitative estimate of drug-likeness (QED) is 0.241. The molecule has 24 heavy (non-hydrogen) atoms. The number of hydrogen-bond acceptors (Lipinski definition) is 6. The Morgan fingerprint density at radius 1 is 0.500 bits per heavy atom. The van der Waals surface area contributed by atoms with Gasteiger partial charge in [-0.25, -0.2) is 0 Å². The summed E-state index contributed by atoms with van der Waals surface area (Å²) < 4.78 is 0. The van der Waals surface area contributed by atoms with Gasteiger partial charge in [-0.05, 0) is 0 Å². The average Bonchev–Trinajstić information content (AvgIpc) is 2.24. The standard InChI is InChI=1S/2C4H10N.4Fe.4NO.2H2S/c2*1-4(2,3)5;;;;;4*1-2;;/h2*5H,1-3H3;;;;;;;;;2*1H2/q2*-1;;;2*+3;4*-1;;/p-2. The van der Waals surface area contributed by atoms with Crippen LogP contribution in [-0.2, 0) is 95.3 Å². The maximum Gasteiger partial charge on any atom is 3.00 e. The molecule has 0 aliphatic carbocycles. The molecular formula is C8H22Fe4N6O4S2-2. The molecule has 0 aliphatic heterocycles. The molecule has 0 atom stereocenters. The summed E-state index contributed by atoms with van der Waals surface area (Å²) in [6.45, 7) is 11.1. The van der Waals surface area contributed by atoms with Crippen LogP contribution in [0.5, 0.6) is 0 Å². The molecule has 0 aromatic heterocycles. The molecule has 0 unspecified atom stereocenters. The number of nitrogens with zero attached hydrogens (tertiary/aromatic N) is 4. The van der Waals surface area contributed by atoms with Gasteiger partial charge in [0.05, 0.1) is 0 Å². The summed E-state index contributed by atoms with van der Waals surface area (Å²) in [5.74, 6) is 0. The predicted octanol–water partition coefficient (Wildman–Crippen LogP) is 4.41. The third kappa shape index (κ3) is 9360. The van der Waals surface area contributed by atoms with Crippen LogP contribution in [-0.4, -0.2) is 11.1 Å². The van der Waals surface area contributed by atoms with E-state index in [1.54, 1.807) is 0 Å². The van der Waals surface area contributed by atoms with E-state index in [0.717, 1.165) is 0 Å². The van der Waals surface area contributed by atoms with E-state index >= 15 is 0 Å². The molecule has 0 heterocycles. The van der Waals surface area contributed by atoms with Gasteiger partial charge in [-0.15, -0.1) is 11.1 Å². The van der Waals surface area contributed by atoms with Crippen molar-refractivity contribution in [2.75, 3.05) is 0 Å². The van der Waals surface area contributed by atoms with Crippen molar-refractivity contribution < 1.29 is 68.3 Å².